The van der Waals surface area contributed by atoms with Crippen LogP contribution in [-0.4, -0.2) is 27.6 Å². The number of imidazole rings is 1. The Balaban J connectivity index is 1.94. The molecule has 3 rings (SSSR count). The minimum atomic E-state index is -4.47. The Morgan fingerprint density at radius 1 is 1.40 bits per heavy atom. The summed E-state index contributed by atoms with van der Waals surface area (Å²) in [7, 11) is 1.45. The van der Waals surface area contributed by atoms with Crippen LogP contribution in [0.15, 0.2) is 30.7 Å². The maximum absolute atomic E-state index is 12.7. The van der Waals surface area contributed by atoms with E-state index in [-0.39, 0.29) is 11.9 Å². The van der Waals surface area contributed by atoms with E-state index in [1.165, 1.54) is 23.7 Å². The minimum absolute atomic E-state index is 0.186. The van der Waals surface area contributed by atoms with Gasteiger partial charge >= 0.3 is 6.18 Å². The highest BCUT2D eigenvalue weighted by Crippen LogP contribution is 2.36. The first-order valence-corrected chi connectivity index (χ1v) is 7.89. The van der Waals surface area contributed by atoms with E-state index >= 15 is 0 Å². The number of carbonyl (C=O) groups excluding carboxylic acids is 1. The van der Waals surface area contributed by atoms with Gasteiger partial charge in [0.05, 0.1) is 19.5 Å². The molecule has 0 saturated heterocycles. The quantitative estimate of drug-likeness (QED) is 0.791. The number of alkyl halides is 3. The molecule has 0 bridgehead atoms. The standard InChI is InChI=1S/C17H18F3N3O2/c1-11(24)23(25-2)15-5-3-4-12-8-13(6-7-14(12)15)22-9-16(21-10-22)17(18,19)20/h6-10,15H,3-5H2,1-2H3. The van der Waals surface area contributed by atoms with Gasteiger partial charge < -0.3 is 4.57 Å². The van der Waals surface area contributed by atoms with Crippen LogP contribution < -0.4 is 0 Å². The highest BCUT2D eigenvalue weighted by atomic mass is 19.4. The number of fused-ring (bicyclic) bond motifs is 1. The van der Waals surface area contributed by atoms with E-state index in [9.17, 15) is 18.0 Å². The van der Waals surface area contributed by atoms with Gasteiger partial charge in [0.15, 0.2) is 5.69 Å². The van der Waals surface area contributed by atoms with E-state index in [1.807, 2.05) is 12.1 Å². The molecular formula is C17H18F3N3O2. The number of carbonyl (C=O) groups is 1. The van der Waals surface area contributed by atoms with Crippen LogP contribution in [0.25, 0.3) is 5.69 Å². The Morgan fingerprint density at radius 3 is 2.76 bits per heavy atom. The Hall–Kier alpha value is -2.35. The minimum Gasteiger partial charge on any atom is -0.306 e. The molecule has 1 aromatic heterocycles. The lowest BCUT2D eigenvalue weighted by molar-refractivity contribution is -0.188. The molecule has 0 fully saturated rings. The number of nitrogens with zero attached hydrogens (tertiary/aromatic N) is 3. The van der Waals surface area contributed by atoms with Gasteiger partial charge in [0.1, 0.15) is 0 Å². The predicted molar refractivity (Wildman–Crippen MR) is 83.8 cm³/mol. The first-order chi connectivity index (χ1) is 11.8. The second kappa shape index (κ2) is 6.51. The van der Waals surface area contributed by atoms with Crippen LogP contribution in [-0.2, 0) is 22.2 Å². The maximum atomic E-state index is 12.7. The van der Waals surface area contributed by atoms with Gasteiger partial charge in [-0.25, -0.2) is 10.0 Å². The average molecular weight is 353 g/mol. The van der Waals surface area contributed by atoms with Crippen LogP contribution in [0.3, 0.4) is 0 Å². The molecule has 0 N–H and O–H groups in total. The van der Waals surface area contributed by atoms with Crippen molar-refractivity contribution < 1.29 is 22.8 Å². The molecule has 5 nitrogen and oxygen atoms in total. The molecule has 1 aliphatic carbocycles. The molecule has 1 aromatic carbocycles. The largest absolute Gasteiger partial charge is 0.434 e. The summed E-state index contributed by atoms with van der Waals surface area (Å²) in [5.41, 5.74) is 1.64. The van der Waals surface area contributed by atoms with Crippen LogP contribution in [0.5, 0.6) is 0 Å². The number of hydrogen-bond acceptors (Lipinski definition) is 3. The molecule has 1 unspecified atom stereocenters. The van der Waals surface area contributed by atoms with Gasteiger partial charge in [-0.15, -0.1) is 0 Å². The Kier molecular flexibility index (Phi) is 4.55. The highest BCUT2D eigenvalue weighted by molar-refractivity contribution is 5.72. The summed E-state index contributed by atoms with van der Waals surface area (Å²) in [5.74, 6) is -0.186. The summed E-state index contributed by atoms with van der Waals surface area (Å²) in [5, 5.41) is 1.34. The molecule has 0 saturated carbocycles. The summed E-state index contributed by atoms with van der Waals surface area (Å²) in [6.45, 7) is 1.44. The number of hydrogen-bond donors (Lipinski definition) is 0. The van der Waals surface area contributed by atoms with Gasteiger partial charge in [0.25, 0.3) is 0 Å². The van der Waals surface area contributed by atoms with Crippen LogP contribution in [0.1, 0.15) is 42.6 Å². The third-order valence-corrected chi connectivity index (χ3v) is 4.37. The fourth-order valence-corrected chi connectivity index (χ4v) is 3.26. The second-order valence-electron chi connectivity index (χ2n) is 5.98. The molecule has 134 valence electrons. The van der Waals surface area contributed by atoms with Gasteiger partial charge in [0, 0.05) is 18.8 Å². The predicted octanol–water partition coefficient (Wildman–Crippen LogP) is 3.68. The van der Waals surface area contributed by atoms with E-state index in [0.717, 1.165) is 42.9 Å². The zero-order valence-electron chi connectivity index (χ0n) is 13.9. The monoisotopic (exact) mass is 353 g/mol. The highest BCUT2D eigenvalue weighted by Gasteiger charge is 2.34. The number of hydroxylamine groups is 2. The Morgan fingerprint density at radius 2 is 2.16 bits per heavy atom. The third kappa shape index (κ3) is 3.39. The van der Waals surface area contributed by atoms with Crippen molar-refractivity contribution in [1.82, 2.24) is 14.6 Å². The van der Waals surface area contributed by atoms with Gasteiger partial charge in [-0.2, -0.15) is 13.2 Å². The summed E-state index contributed by atoms with van der Waals surface area (Å²) >= 11 is 0. The zero-order chi connectivity index (χ0) is 18.2. The normalized spacial score (nSPS) is 17.2. The van der Waals surface area contributed by atoms with Crippen LogP contribution >= 0.6 is 0 Å². The molecule has 1 amide bonds. The smallest absolute Gasteiger partial charge is 0.306 e. The van der Waals surface area contributed by atoms with Crippen molar-refractivity contribution in [3.05, 3.63) is 47.5 Å². The zero-order valence-corrected chi connectivity index (χ0v) is 13.9. The lowest BCUT2D eigenvalue weighted by atomic mass is 9.87. The lowest BCUT2D eigenvalue weighted by Crippen LogP contribution is -2.34. The molecule has 25 heavy (non-hydrogen) atoms. The molecular weight excluding hydrogens is 335 g/mol. The summed E-state index contributed by atoms with van der Waals surface area (Å²) < 4.78 is 39.5. The summed E-state index contributed by atoms with van der Waals surface area (Å²) in [6, 6.07) is 5.23. The topological polar surface area (TPSA) is 47.4 Å². The van der Waals surface area contributed by atoms with Crippen molar-refractivity contribution in [2.45, 2.75) is 38.4 Å². The van der Waals surface area contributed by atoms with Gasteiger partial charge in [-0.1, -0.05) is 6.07 Å². The van der Waals surface area contributed by atoms with Gasteiger partial charge in [-0.3, -0.25) is 9.63 Å². The third-order valence-electron chi connectivity index (χ3n) is 4.37. The van der Waals surface area contributed by atoms with Gasteiger partial charge in [-0.05, 0) is 42.5 Å². The molecule has 2 aromatic rings. The molecule has 1 atom stereocenters. The maximum Gasteiger partial charge on any atom is 0.434 e. The first-order valence-electron chi connectivity index (χ1n) is 7.89. The molecule has 1 aliphatic rings. The van der Waals surface area contributed by atoms with Crippen molar-refractivity contribution in [2.75, 3.05) is 7.11 Å². The second-order valence-corrected chi connectivity index (χ2v) is 5.98. The van der Waals surface area contributed by atoms with Crippen molar-refractivity contribution in [3.8, 4) is 5.69 Å². The van der Waals surface area contributed by atoms with Crippen LogP contribution in [0.4, 0.5) is 13.2 Å². The molecule has 0 aliphatic heterocycles. The molecule has 8 heteroatoms. The summed E-state index contributed by atoms with van der Waals surface area (Å²) in [6.07, 6.45) is 0.108. The van der Waals surface area contributed by atoms with Crippen LogP contribution in [0.2, 0.25) is 0 Å². The number of amides is 1. The number of aromatic nitrogens is 2. The van der Waals surface area contributed by atoms with Crippen molar-refractivity contribution >= 4 is 5.91 Å². The van der Waals surface area contributed by atoms with E-state index in [0.29, 0.717) is 5.69 Å². The number of rotatable bonds is 3. The van der Waals surface area contributed by atoms with E-state index < -0.39 is 11.9 Å². The van der Waals surface area contributed by atoms with Crippen molar-refractivity contribution in [2.24, 2.45) is 0 Å². The van der Waals surface area contributed by atoms with Crippen molar-refractivity contribution in [3.63, 3.8) is 0 Å². The number of aryl methyl sites for hydroxylation is 1. The fourth-order valence-electron chi connectivity index (χ4n) is 3.26. The molecule has 1 heterocycles. The van der Waals surface area contributed by atoms with Gasteiger partial charge in [0.2, 0.25) is 5.91 Å². The van der Waals surface area contributed by atoms with E-state index in [2.05, 4.69) is 4.98 Å². The van der Waals surface area contributed by atoms with E-state index in [1.54, 1.807) is 6.07 Å². The number of benzene rings is 1. The van der Waals surface area contributed by atoms with E-state index in [4.69, 9.17) is 4.84 Å². The van der Waals surface area contributed by atoms with Crippen molar-refractivity contribution in [1.29, 1.82) is 0 Å². The lowest BCUT2D eigenvalue weighted by Gasteiger charge is -2.33. The Labute approximate surface area is 143 Å². The fraction of sp³-hybridized carbons (Fsp3) is 0.412. The summed E-state index contributed by atoms with van der Waals surface area (Å²) in [4.78, 5) is 20.4. The van der Waals surface area contributed by atoms with Crippen LogP contribution in [0, 0.1) is 0 Å². The average Bonchev–Trinajstić information content (AvgIpc) is 3.05. The molecule has 0 spiro atoms. The Bertz CT molecular complexity index is 786. The number of halogens is 3. The SMILES string of the molecule is CON(C(C)=O)C1CCCc2cc(-n3cnc(C(F)(F)F)c3)ccc21. The molecule has 0 radical (unpaired) electrons. The first kappa shape index (κ1) is 17.5.